The van der Waals surface area contributed by atoms with Crippen LogP contribution in [0.25, 0.3) is 11.0 Å². The molecular formula is C23H21N3O4. The molecule has 0 saturated heterocycles. The standard InChI is InChI=1S/C23H21N3O4/c1-2-26-20-11-10-17(13-19(20)24-21(27)23(26)29)22(28)25(15-18-9-6-12-30-18)14-16-7-4-3-5-8-16/h3-13H,2,14-15H2,1H3,(H,24,27). The molecule has 0 fully saturated rings. The number of aryl methyl sites for hydroxylation is 1. The molecule has 0 saturated carbocycles. The largest absolute Gasteiger partial charge is 0.467 e. The SMILES string of the molecule is CCn1c(=O)c(=O)[nH]c2cc(C(=O)N(Cc3ccccc3)Cc3ccco3)ccc21. The van der Waals surface area contributed by atoms with E-state index in [2.05, 4.69) is 4.98 Å². The van der Waals surface area contributed by atoms with Gasteiger partial charge in [0.2, 0.25) is 0 Å². The predicted octanol–water partition coefficient (Wildman–Crippen LogP) is 3.15. The number of H-pyrrole nitrogens is 1. The van der Waals surface area contributed by atoms with Gasteiger partial charge in [-0.3, -0.25) is 14.4 Å². The number of carbonyl (C=O) groups excluding carboxylic acids is 1. The van der Waals surface area contributed by atoms with E-state index in [-0.39, 0.29) is 5.91 Å². The van der Waals surface area contributed by atoms with Gasteiger partial charge in [-0.1, -0.05) is 30.3 Å². The highest BCUT2D eigenvalue weighted by Crippen LogP contribution is 2.18. The van der Waals surface area contributed by atoms with Crippen molar-refractivity contribution in [2.45, 2.75) is 26.6 Å². The molecule has 0 aliphatic carbocycles. The van der Waals surface area contributed by atoms with Crippen molar-refractivity contribution in [3.63, 3.8) is 0 Å². The number of nitrogens with one attached hydrogen (secondary N) is 1. The van der Waals surface area contributed by atoms with E-state index in [4.69, 9.17) is 4.42 Å². The molecule has 0 aliphatic heterocycles. The van der Waals surface area contributed by atoms with Crippen LogP contribution in [0.4, 0.5) is 0 Å². The third-order valence-electron chi connectivity index (χ3n) is 4.97. The Bertz CT molecular complexity index is 1290. The van der Waals surface area contributed by atoms with Crippen LogP contribution in [-0.2, 0) is 19.6 Å². The second kappa shape index (κ2) is 8.24. The zero-order valence-corrected chi connectivity index (χ0v) is 16.5. The Labute approximate surface area is 172 Å². The quantitative estimate of drug-likeness (QED) is 0.501. The van der Waals surface area contributed by atoms with E-state index in [9.17, 15) is 14.4 Å². The van der Waals surface area contributed by atoms with E-state index >= 15 is 0 Å². The summed E-state index contributed by atoms with van der Waals surface area (Å²) in [4.78, 5) is 41.7. The van der Waals surface area contributed by atoms with Gasteiger partial charge in [-0.15, -0.1) is 0 Å². The van der Waals surface area contributed by atoms with E-state index in [0.717, 1.165) is 5.56 Å². The van der Waals surface area contributed by atoms with E-state index < -0.39 is 11.1 Å². The highest BCUT2D eigenvalue weighted by Gasteiger charge is 2.19. The Kier molecular flexibility index (Phi) is 5.34. The highest BCUT2D eigenvalue weighted by atomic mass is 16.3. The topological polar surface area (TPSA) is 88.3 Å². The molecule has 0 spiro atoms. The van der Waals surface area contributed by atoms with Gasteiger partial charge in [0.05, 0.1) is 23.8 Å². The molecule has 152 valence electrons. The fourth-order valence-electron chi connectivity index (χ4n) is 3.50. The minimum absolute atomic E-state index is 0.202. The average Bonchev–Trinajstić information content (AvgIpc) is 3.27. The minimum atomic E-state index is -0.703. The molecule has 2 heterocycles. The van der Waals surface area contributed by atoms with Crippen molar-refractivity contribution in [2.24, 2.45) is 0 Å². The van der Waals surface area contributed by atoms with Crippen LogP contribution < -0.4 is 11.1 Å². The second-order valence-corrected chi connectivity index (χ2v) is 6.96. The van der Waals surface area contributed by atoms with Crippen molar-refractivity contribution >= 4 is 16.9 Å². The molecule has 0 bridgehead atoms. The van der Waals surface area contributed by atoms with Crippen LogP contribution in [0.3, 0.4) is 0 Å². The number of hydrogen-bond donors (Lipinski definition) is 1. The molecule has 30 heavy (non-hydrogen) atoms. The maximum Gasteiger partial charge on any atom is 0.316 e. The van der Waals surface area contributed by atoms with Crippen LogP contribution in [0.5, 0.6) is 0 Å². The summed E-state index contributed by atoms with van der Waals surface area (Å²) in [6.07, 6.45) is 1.57. The smallest absolute Gasteiger partial charge is 0.316 e. The van der Waals surface area contributed by atoms with Gasteiger partial charge in [0.15, 0.2) is 0 Å². The summed E-state index contributed by atoms with van der Waals surface area (Å²) < 4.78 is 6.83. The summed E-state index contributed by atoms with van der Waals surface area (Å²) in [5.74, 6) is 0.473. The van der Waals surface area contributed by atoms with E-state index in [1.807, 2.05) is 36.4 Å². The monoisotopic (exact) mass is 403 g/mol. The summed E-state index contributed by atoms with van der Waals surface area (Å²) >= 11 is 0. The molecule has 1 amide bonds. The highest BCUT2D eigenvalue weighted by molar-refractivity contribution is 5.97. The van der Waals surface area contributed by atoms with E-state index in [0.29, 0.717) is 42.0 Å². The summed E-state index contributed by atoms with van der Waals surface area (Å²) in [7, 11) is 0. The Hall–Kier alpha value is -3.87. The number of nitrogens with zero attached hydrogens (tertiary/aromatic N) is 2. The zero-order chi connectivity index (χ0) is 21.1. The van der Waals surface area contributed by atoms with Gasteiger partial charge in [-0.25, -0.2) is 0 Å². The van der Waals surface area contributed by atoms with Crippen LogP contribution in [0, 0.1) is 0 Å². The maximum atomic E-state index is 13.3. The second-order valence-electron chi connectivity index (χ2n) is 6.96. The number of amides is 1. The number of hydrogen-bond acceptors (Lipinski definition) is 4. The van der Waals surface area contributed by atoms with Crippen molar-refractivity contribution < 1.29 is 9.21 Å². The zero-order valence-electron chi connectivity index (χ0n) is 16.5. The fraction of sp³-hybridized carbons (Fsp3) is 0.174. The molecule has 0 aliphatic rings. The summed E-state index contributed by atoms with van der Waals surface area (Å²) in [5, 5.41) is 0. The fourth-order valence-corrected chi connectivity index (χ4v) is 3.50. The Morgan fingerprint density at radius 1 is 1.03 bits per heavy atom. The van der Waals surface area contributed by atoms with Gasteiger partial charge in [-0.05, 0) is 42.8 Å². The molecule has 4 aromatic rings. The molecule has 7 nitrogen and oxygen atoms in total. The number of carbonyl (C=O) groups is 1. The van der Waals surface area contributed by atoms with E-state index in [1.165, 1.54) is 4.57 Å². The molecular weight excluding hydrogens is 382 g/mol. The van der Waals surface area contributed by atoms with Crippen LogP contribution in [0.1, 0.15) is 28.6 Å². The molecule has 1 N–H and O–H groups in total. The van der Waals surface area contributed by atoms with Crippen LogP contribution in [-0.4, -0.2) is 20.4 Å². The van der Waals surface area contributed by atoms with Gasteiger partial charge < -0.3 is 18.9 Å². The van der Waals surface area contributed by atoms with Gasteiger partial charge in [0.25, 0.3) is 5.91 Å². The van der Waals surface area contributed by atoms with E-state index in [1.54, 1.807) is 42.4 Å². The predicted molar refractivity (Wildman–Crippen MR) is 113 cm³/mol. The third kappa shape index (κ3) is 3.82. The van der Waals surface area contributed by atoms with Crippen molar-refractivity contribution in [3.8, 4) is 0 Å². The lowest BCUT2D eigenvalue weighted by molar-refractivity contribution is 0.0718. The first-order valence-electron chi connectivity index (χ1n) is 9.69. The third-order valence-corrected chi connectivity index (χ3v) is 4.97. The maximum absolute atomic E-state index is 13.3. The molecule has 0 radical (unpaired) electrons. The number of furan rings is 1. The first kappa shape index (κ1) is 19.4. The summed E-state index contributed by atoms with van der Waals surface area (Å²) in [6, 6.07) is 18.3. The van der Waals surface area contributed by atoms with Gasteiger partial charge in [-0.2, -0.15) is 0 Å². The number of rotatable bonds is 6. The van der Waals surface area contributed by atoms with Crippen molar-refractivity contribution in [1.82, 2.24) is 14.5 Å². The van der Waals surface area contributed by atoms with Crippen LogP contribution in [0.15, 0.2) is 80.9 Å². The lowest BCUT2D eigenvalue weighted by Gasteiger charge is -2.22. The lowest BCUT2D eigenvalue weighted by Crippen LogP contribution is -2.36. The Morgan fingerprint density at radius 2 is 1.83 bits per heavy atom. The average molecular weight is 403 g/mol. The Morgan fingerprint density at radius 3 is 2.53 bits per heavy atom. The molecule has 4 rings (SSSR count). The molecule has 2 aromatic heterocycles. The lowest BCUT2D eigenvalue weighted by atomic mass is 10.1. The number of aromatic nitrogens is 2. The molecule has 0 atom stereocenters. The number of aromatic amines is 1. The van der Waals surface area contributed by atoms with Crippen LogP contribution >= 0.6 is 0 Å². The molecule has 0 unspecified atom stereocenters. The number of fused-ring (bicyclic) bond motifs is 1. The van der Waals surface area contributed by atoms with Gasteiger partial charge in [0.1, 0.15) is 5.76 Å². The summed E-state index contributed by atoms with van der Waals surface area (Å²) in [6.45, 7) is 2.88. The minimum Gasteiger partial charge on any atom is -0.467 e. The summed E-state index contributed by atoms with van der Waals surface area (Å²) in [5.41, 5.74) is 1.14. The Balaban J connectivity index is 1.73. The van der Waals surface area contributed by atoms with Crippen molar-refractivity contribution in [2.75, 3.05) is 0 Å². The molecule has 7 heteroatoms. The van der Waals surface area contributed by atoms with Crippen molar-refractivity contribution in [3.05, 3.63) is 105 Å². The first-order valence-corrected chi connectivity index (χ1v) is 9.69. The van der Waals surface area contributed by atoms with Gasteiger partial charge in [0, 0.05) is 18.7 Å². The van der Waals surface area contributed by atoms with Crippen molar-refractivity contribution in [1.29, 1.82) is 0 Å². The van der Waals surface area contributed by atoms with Crippen LogP contribution in [0.2, 0.25) is 0 Å². The first-order chi connectivity index (χ1) is 14.6. The normalized spacial score (nSPS) is 11.0. The molecule has 2 aromatic carbocycles. The van der Waals surface area contributed by atoms with Gasteiger partial charge >= 0.3 is 11.1 Å². The number of benzene rings is 2.